The number of halogens is 2. The third-order valence-corrected chi connectivity index (χ3v) is 3.54. The molecule has 1 N–H and O–H groups in total. The molecule has 2 aromatic carbocycles. The van der Waals surface area contributed by atoms with Crippen molar-refractivity contribution in [2.75, 3.05) is 0 Å². The Bertz CT molecular complexity index is 649. The molecule has 0 radical (unpaired) electrons. The summed E-state index contributed by atoms with van der Waals surface area (Å²) in [7, 11) is 0. The van der Waals surface area contributed by atoms with Gasteiger partial charge in [0, 0.05) is 0 Å². The Balaban J connectivity index is 2.48. The average molecular weight is 307 g/mol. The van der Waals surface area contributed by atoms with Gasteiger partial charge in [-0.2, -0.15) is 0 Å². The molecule has 0 unspecified atom stereocenters. The second-order valence-corrected chi connectivity index (χ2v) is 5.02. The van der Waals surface area contributed by atoms with Gasteiger partial charge in [0.2, 0.25) is 0 Å². The van der Waals surface area contributed by atoms with Crippen molar-refractivity contribution in [2.45, 2.75) is 6.42 Å². The number of carboxylic acid groups (broad SMARTS) is 1. The van der Waals surface area contributed by atoms with Crippen LogP contribution in [0.15, 0.2) is 54.6 Å². The van der Waals surface area contributed by atoms with Crippen LogP contribution in [0.1, 0.15) is 17.5 Å². The summed E-state index contributed by atoms with van der Waals surface area (Å²) in [5, 5.41) is 9.78. The minimum Gasteiger partial charge on any atom is -0.481 e. The fraction of sp³-hybridized carbons (Fsp3) is 0.0625. The summed E-state index contributed by atoms with van der Waals surface area (Å²) in [5.74, 6) is -0.876. The van der Waals surface area contributed by atoms with Crippen molar-refractivity contribution in [3.63, 3.8) is 0 Å². The third-order valence-electron chi connectivity index (χ3n) is 2.80. The Morgan fingerprint density at radius 1 is 1.00 bits per heavy atom. The molecular weight excluding hydrogens is 295 g/mol. The van der Waals surface area contributed by atoms with Gasteiger partial charge in [-0.1, -0.05) is 65.7 Å². The summed E-state index contributed by atoms with van der Waals surface area (Å²) in [6.45, 7) is 0. The first-order valence-corrected chi connectivity index (χ1v) is 6.76. The van der Waals surface area contributed by atoms with Crippen LogP contribution in [0.25, 0.3) is 5.57 Å². The van der Waals surface area contributed by atoms with Crippen LogP contribution in [-0.4, -0.2) is 11.1 Å². The number of carboxylic acids is 1. The van der Waals surface area contributed by atoms with Crippen molar-refractivity contribution in [3.05, 3.63) is 75.8 Å². The molecule has 102 valence electrons. The highest BCUT2D eigenvalue weighted by Gasteiger charge is 2.08. The summed E-state index contributed by atoms with van der Waals surface area (Å²) in [6, 6.07) is 14.8. The summed E-state index contributed by atoms with van der Waals surface area (Å²) >= 11 is 11.9. The molecule has 0 saturated carbocycles. The average Bonchev–Trinajstić information content (AvgIpc) is 2.44. The molecule has 2 rings (SSSR count). The monoisotopic (exact) mass is 306 g/mol. The molecule has 0 aliphatic heterocycles. The van der Waals surface area contributed by atoms with Gasteiger partial charge in [0.1, 0.15) is 0 Å². The van der Waals surface area contributed by atoms with Gasteiger partial charge in [-0.25, -0.2) is 0 Å². The van der Waals surface area contributed by atoms with Crippen LogP contribution in [0.3, 0.4) is 0 Å². The quantitative estimate of drug-likeness (QED) is 0.872. The van der Waals surface area contributed by atoms with Gasteiger partial charge in [0.05, 0.1) is 16.5 Å². The molecule has 20 heavy (non-hydrogen) atoms. The van der Waals surface area contributed by atoms with Crippen molar-refractivity contribution in [2.24, 2.45) is 0 Å². The molecule has 0 atom stereocenters. The number of hydrogen-bond acceptors (Lipinski definition) is 1. The van der Waals surface area contributed by atoms with E-state index in [0.29, 0.717) is 10.0 Å². The molecule has 0 aliphatic rings. The lowest BCUT2D eigenvalue weighted by molar-refractivity contribution is -0.135. The van der Waals surface area contributed by atoms with Crippen molar-refractivity contribution >= 4 is 34.7 Å². The van der Waals surface area contributed by atoms with Crippen molar-refractivity contribution in [1.82, 2.24) is 0 Å². The summed E-state index contributed by atoms with van der Waals surface area (Å²) in [4.78, 5) is 10.8. The highest BCUT2D eigenvalue weighted by Crippen LogP contribution is 2.29. The van der Waals surface area contributed by atoms with Gasteiger partial charge < -0.3 is 5.11 Å². The van der Waals surface area contributed by atoms with Crippen molar-refractivity contribution in [3.8, 4) is 0 Å². The Kier molecular flexibility index (Phi) is 4.83. The molecule has 0 saturated heterocycles. The lowest BCUT2D eigenvalue weighted by Crippen LogP contribution is -1.94. The van der Waals surface area contributed by atoms with Gasteiger partial charge in [0.15, 0.2) is 0 Å². The maximum Gasteiger partial charge on any atom is 0.307 e. The van der Waals surface area contributed by atoms with Gasteiger partial charge in [-0.15, -0.1) is 0 Å². The zero-order valence-electron chi connectivity index (χ0n) is 10.5. The smallest absolute Gasteiger partial charge is 0.307 e. The normalized spacial score (nSPS) is 11.4. The maximum atomic E-state index is 10.8. The van der Waals surface area contributed by atoms with Crippen LogP contribution in [0.5, 0.6) is 0 Å². The lowest BCUT2D eigenvalue weighted by atomic mass is 9.97. The number of benzene rings is 2. The zero-order valence-corrected chi connectivity index (χ0v) is 12.0. The molecule has 0 heterocycles. The van der Waals surface area contributed by atoms with Gasteiger partial charge in [-0.3, -0.25) is 4.79 Å². The molecule has 2 nitrogen and oxygen atoms in total. The molecule has 0 aliphatic carbocycles. The summed E-state index contributed by atoms with van der Waals surface area (Å²) in [5.41, 5.74) is 2.60. The van der Waals surface area contributed by atoms with Gasteiger partial charge in [-0.05, 0) is 28.8 Å². The maximum absolute atomic E-state index is 10.8. The van der Waals surface area contributed by atoms with E-state index in [4.69, 9.17) is 28.3 Å². The minimum absolute atomic E-state index is 0.0511. The van der Waals surface area contributed by atoms with E-state index in [9.17, 15) is 4.79 Å². The van der Waals surface area contributed by atoms with E-state index in [1.165, 1.54) is 0 Å². The Morgan fingerprint density at radius 3 is 2.30 bits per heavy atom. The van der Waals surface area contributed by atoms with Crippen LogP contribution in [0.2, 0.25) is 10.0 Å². The Morgan fingerprint density at radius 2 is 1.70 bits per heavy atom. The SMILES string of the molecule is O=C(O)C/C=C(\c1ccccc1)c1ccc(Cl)c(Cl)c1. The second kappa shape index (κ2) is 6.60. The van der Waals surface area contributed by atoms with Gasteiger partial charge in [0.25, 0.3) is 0 Å². The topological polar surface area (TPSA) is 37.3 Å². The second-order valence-electron chi connectivity index (χ2n) is 4.21. The number of rotatable bonds is 4. The number of carbonyl (C=O) groups is 1. The summed E-state index contributed by atoms with van der Waals surface area (Å²) in [6.07, 6.45) is 1.63. The van der Waals surface area contributed by atoms with E-state index in [-0.39, 0.29) is 6.42 Å². The standard InChI is InChI=1S/C16H12Cl2O2/c17-14-8-6-12(10-15(14)18)13(7-9-16(19)20)11-4-2-1-3-5-11/h1-8,10H,9H2,(H,19,20)/b13-7+. The first kappa shape index (κ1) is 14.6. The molecular formula is C16H12Cl2O2. The molecule has 0 bridgehead atoms. The fourth-order valence-electron chi connectivity index (χ4n) is 1.87. The van der Waals surface area contributed by atoms with E-state index in [0.717, 1.165) is 16.7 Å². The first-order valence-electron chi connectivity index (χ1n) is 6.00. The Hall–Kier alpha value is -1.77. The van der Waals surface area contributed by atoms with E-state index in [1.54, 1.807) is 18.2 Å². The zero-order chi connectivity index (χ0) is 14.5. The fourth-order valence-corrected chi connectivity index (χ4v) is 2.17. The first-order chi connectivity index (χ1) is 9.58. The largest absolute Gasteiger partial charge is 0.481 e. The predicted octanol–water partition coefficient (Wildman–Crippen LogP) is 4.90. The van der Waals surface area contributed by atoms with Crippen molar-refractivity contribution < 1.29 is 9.90 Å². The molecule has 0 amide bonds. The minimum atomic E-state index is -0.876. The summed E-state index contributed by atoms with van der Waals surface area (Å²) < 4.78 is 0. The molecule has 2 aromatic rings. The highest BCUT2D eigenvalue weighted by molar-refractivity contribution is 6.42. The van der Waals surface area contributed by atoms with Crippen molar-refractivity contribution in [1.29, 1.82) is 0 Å². The van der Waals surface area contributed by atoms with Crippen LogP contribution in [0.4, 0.5) is 0 Å². The number of aliphatic carboxylic acids is 1. The van der Waals surface area contributed by atoms with Gasteiger partial charge >= 0.3 is 5.97 Å². The van der Waals surface area contributed by atoms with Crippen LogP contribution in [0, 0.1) is 0 Å². The van der Waals surface area contributed by atoms with E-state index in [2.05, 4.69) is 0 Å². The van der Waals surface area contributed by atoms with Crippen LogP contribution in [-0.2, 0) is 4.79 Å². The predicted molar refractivity (Wildman–Crippen MR) is 82.2 cm³/mol. The van der Waals surface area contributed by atoms with E-state index in [1.807, 2.05) is 36.4 Å². The molecule has 4 heteroatoms. The van der Waals surface area contributed by atoms with Crippen LogP contribution < -0.4 is 0 Å². The van der Waals surface area contributed by atoms with Crippen LogP contribution >= 0.6 is 23.2 Å². The number of hydrogen-bond donors (Lipinski definition) is 1. The molecule has 0 fully saturated rings. The van der Waals surface area contributed by atoms with E-state index < -0.39 is 5.97 Å². The Labute approximate surface area is 127 Å². The molecule has 0 aromatic heterocycles. The third kappa shape index (κ3) is 3.62. The van der Waals surface area contributed by atoms with E-state index >= 15 is 0 Å². The highest BCUT2D eigenvalue weighted by atomic mass is 35.5. The lowest BCUT2D eigenvalue weighted by Gasteiger charge is -2.09. The molecule has 0 spiro atoms.